The van der Waals surface area contributed by atoms with Gasteiger partial charge in [0.2, 0.25) is 5.60 Å². The molecule has 1 saturated heterocycles. The highest BCUT2D eigenvalue weighted by Crippen LogP contribution is 2.28. The fourth-order valence-electron chi connectivity index (χ4n) is 2.79. The summed E-state index contributed by atoms with van der Waals surface area (Å²) in [5.41, 5.74) is -0.137. The highest BCUT2D eigenvalue weighted by molar-refractivity contribution is 5.80. The van der Waals surface area contributed by atoms with Crippen molar-refractivity contribution in [2.75, 3.05) is 46.6 Å². The number of nitrogens with zero attached hydrogens (tertiary/aromatic N) is 2. The number of aliphatic hydroxyl groups excluding tert-OH is 3. The van der Waals surface area contributed by atoms with E-state index in [0.29, 0.717) is 0 Å². The molecule has 4 atom stereocenters. The average Bonchev–Trinajstić information content (AvgIpc) is 3.00. The first-order valence-corrected chi connectivity index (χ1v) is 8.55. The lowest BCUT2D eigenvalue weighted by Gasteiger charge is -2.27. The molecule has 1 aromatic rings. The molecule has 164 valence electrons. The molecule has 2 rings (SSSR count). The molecule has 1 aromatic heterocycles. The van der Waals surface area contributed by atoms with Crippen molar-refractivity contribution in [3.8, 4) is 0 Å². The third kappa shape index (κ3) is 4.90. The van der Waals surface area contributed by atoms with Crippen molar-refractivity contribution in [3.63, 3.8) is 0 Å². The van der Waals surface area contributed by atoms with Crippen molar-refractivity contribution in [2.45, 2.75) is 30.1 Å². The fraction of sp³-hybridized carbons (Fsp3) is 0.688. The van der Waals surface area contributed by atoms with Gasteiger partial charge in [-0.15, -0.1) is 0 Å². The van der Waals surface area contributed by atoms with Crippen LogP contribution in [0.4, 0.5) is 5.82 Å². The van der Waals surface area contributed by atoms with Gasteiger partial charge >= 0.3 is 11.7 Å². The van der Waals surface area contributed by atoms with Crippen LogP contribution < -0.4 is 11.2 Å². The van der Waals surface area contributed by atoms with E-state index in [0.717, 1.165) is 4.57 Å². The summed E-state index contributed by atoms with van der Waals surface area (Å²) in [6, 6.07) is 1.28. The molecule has 1 aliphatic heterocycles. The summed E-state index contributed by atoms with van der Waals surface area (Å²) >= 11 is 0. The summed E-state index contributed by atoms with van der Waals surface area (Å²) in [7, 11) is 4.05. The molecule has 0 amide bonds. The van der Waals surface area contributed by atoms with E-state index in [2.05, 4.69) is 10.5 Å². The lowest BCUT2D eigenvalue weighted by Crippen LogP contribution is -2.50. The molecule has 1 fully saturated rings. The van der Waals surface area contributed by atoms with E-state index >= 15 is 0 Å². The molecule has 13 nitrogen and oxygen atoms in total. The zero-order chi connectivity index (χ0) is 21.6. The van der Waals surface area contributed by atoms with Crippen molar-refractivity contribution >= 4 is 11.8 Å². The molecule has 0 radical (unpaired) electrons. The highest BCUT2D eigenvalue weighted by Gasteiger charge is 2.44. The summed E-state index contributed by atoms with van der Waals surface area (Å²) in [4.78, 5) is 33.2. The van der Waals surface area contributed by atoms with Crippen LogP contribution in [0.15, 0.2) is 17.1 Å². The smallest absolute Gasteiger partial charge is 0.368 e. The lowest BCUT2D eigenvalue weighted by molar-refractivity contribution is -0.180. The van der Waals surface area contributed by atoms with E-state index in [1.165, 1.54) is 33.6 Å². The first kappa shape index (κ1) is 23.2. The number of methoxy groups -OCH3 is 3. The maximum atomic E-state index is 12.4. The maximum absolute atomic E-state index is 12.4. The van der Waals surface area contributed by atoms with Crippen LogP contribution in [0.5, 0.6) is 0 Å². The van der Waals surface area contributed by atoms with Crippen LogP contribution >= 0.6 is 0 Å². The van der Waals surface area contributed by atoms with E-state index in [4.69, 9.17) is 28.9 Å². The SMILES string of the molecule is COCC(COC)(OC)C(=O)ONc1ccn([C@@H]2O[C@H](CO)[C@@H](O)[C@H]2O)c(=O)n1. The summed E-state index contributed by atoms with van der Waals surface area (Å²) < 4.78 is 21.3. The number of aliphatic hydroxyl groups is 3. The van der Waals surface area contributed by atoms with Crippen LogP contribution in [-0.4, -0.2) is 95.9 Å². The number of anilines is 1. The second-order valence-corrected chi connectivity index (χ2v) is 6.29. The summed E-state index contributed by atoms with van der Waals surface area (Å²) in [6.45, 7) is -0.813. The van der Waals surface area contributed by atoms with Gasteiger partial charge in [0, 0.05) is 33.6 Å². The zero-order valence-corrected chi connectivity index (χ0v) is 16.2. The van der Waals surface area contributed by atoms with E-state index in [1.807, 2.05) is 0 Å². The largest absolute Gasteiger partial charge is 0.394 e. The number of nitrogens with one attached hydrogen (secondary N) is 1. The quantitative estimate of drug-likeness (QED) is 0.292. The van der Waals surface area contributed by atoms with Gasteiger partial charge in [-0.05, 0) is 0 Å². The molecule has 1 aliphatic rings. The van der Waals surface area contributed by atoms with Gasteiger partial charge in [-0.25, -0.2) is 15.1 Å². The third-order valence-corrected chi connectivity index (χ3v) is 4.39. The van der Waals surface area contributed by atoms with Gasteiger partial charge in [0.15, 0.2) is 12.0 Å². The van der Waals surface area contributed by atoms with Crippen LogP contribution in [0.25, 0.3) is 0 Å². The van der Waals surface area contributed by atoms with Gasteiger partial charge in [-0.2, -0.15) is 4.98 Å². The Bertz CT molecular complexity index is 736. The van der Waals surface area contributed by atoms with Crippen LogP contribution in [0.1, 0.15) is 6.23 Å². The second-order valence-electron chi connectivity index (χ2n) is 6.29. The minimum atomic E-state index is -1.53. The number of carbonyl (C=O) groups is 1. The normalized spacial score (nSPS) is 24.5. The van der Waals surface area contributed by atoms with E-state index in [9.17, 15) is 19.8 Å². The predicted molar refractivity (Wildman–Crippen MR) is 94.7 cm³/mol. The molecule has 0 spiro atoms. The number of hydrogen-bond acceptors (Lipinski definition) is 12. The van der Waals surface area contributed by atoms with Gasteiger partial charge in [-0.3, -0.25) is 4.57 Å². The van der Waals surface area contributed by atoms with Gasteiger partial charge in [0.25, 0.3) is 0 Å². The maximum Gasteiger partial charge on any atom is 0.368 e. The molecule has 2 heterocycles. The minimum absolute atomic E-state index is 0.105. The first-order chi connectivity index (χ1) is 13.8. The molecule has 29 heavy (non-hydrogen) atoms. The molecule has 0 unspecified atom stereocenters. The van der Waals surface area contributed by atoms with E-state index in [-0.39, 0.29) is 19.0 Å². The van der Waals surface area contributed by atoms with Crippen molar-refractivity contribution in [1.29, 1.82) is 0 Å². The number of ether oxygens (including phenoxy) is 4. The number of aromatic nitrogens is 2. The van der Waals surface area contributed by atoms with Gasteiger partial charge in [0.05, 0.1) is 19.8 Å². The Morgan fingerprint density at radius 1 is 1.28 bits per heavy atom. The van der Waals surface area contributed by atoms with Crippen LogP contribution in [-0.2, 0) is 28.6 Å². The molecule has 0 saturated carbocycles. The Labute approximate surface area is 165 Å². The molecule has 4 N–H and O–H groups in total. The monoisotopic (exact) mass is 419 g/mol. The molecule has 0 bridgehead atoms. The summed E-state index contributed by atoms with van der Waals surface area (Å²) in [5, 5.41) is 28.9. The topological polar surface area (TPSA) is 171 Å². The van der Waals surface area contributed by atoms with E-state index in [1.54, 1.807) is 0 Å². The van der Waals surface area contributed by atoms with Gasteiger partial charge in [-0.1, -0.05) is 0 Å². The van der Waals surface area contributed by atoms with Gasteiger partial charge < -0.3 is 39.1 Å². The standard InChI is InChI=1S/C16H25N3O10/c1-25-7-16(27-3,8-26-2)14(23)29-18-10-4-5-19(15(24)17-10)13-12(22)11(21)9(6-20)28-13/h4-5,9,11-13,20-22H,6-8H2,1-3H3,(H,17,18,24)/t9-,11-,12-,13-/m1/s1. The Morgan fingerprint density at radius 2 is 1.93 bits per heavy atom. The second kappa shape index (κ2) is 10.1. The summed E-state index contributed by atoms with van der Waals surface area (Å²) in [5.74, 6) is -0.968. The highest BCUT2D eigenvalue weighted by atomic mass is 16.7. The Kier molecular flexibility index (Phi) is 8.04. The molecule has 0 aromatic carbocycles. The fourth-order valence-corrected chi connectivity index (χ4v) is 2.79. The molecule has 0 aliphatic carbocycles. The zero-order valence-electron chi connectivity index (χ0n) is 16.2. The van der Waals surface area contributed by atoms with Crippen molar-refractivity contribution in [1.82, 2.24) is 9.55 Å². The van der Waals surface area contributed by atoms with Crippen molar-refractivity contribution < 1.29 is 43.9 Å². The Morgan fingerprint density at radius 3 is 2.41 bits per heavy atom. The Hall–Kier alpha value is -2.13. The number of hydrogen-bond donors (Lipinski definition) is 4. The Balaban J connectivity index is 2.09. The van der Waals surface area contributed by atoms with Crippen molar-refractivity contribution in [2.24, 2.45) is 0 Å². The molecular weight excluding hydrogens is 394 g/mol. The molecular formula is C16H25N3O10. The summed E-state index contributed by atoms with van der Waals surface area (Å²) in [6.07, 6.45) is -3.85. The van der Waals surface area contributed by atoms with E-state index < -0.39 is 48.4 Å². The third-order valence-electron chi connectivity index (χ3n) is 4.39. The van der Waals surface area contributed by atoms with Crippen LogP contribution in [0.2, 0.25) is 0 Å². The van der Waals surface area contributed by atoms with Gasteiger partial charge in [0.1, 0.15) is 18.3 Å². The lowest BCUT2D eigenvalue weighted by atomic mass is 10.1. The number of carbonyl (C=O) groups excluding carboxylic acids is 1. The van der Waals surface area contributed by atoms with Crippen molar-refractivity contribution in [3.05, 3.63) is 22.7 Å². The first-order valence-electron chi connectivity index (χ1n) is 8.55. The van der Waals surface area contributed by atoms with Crippen LogP contribution in [0.3, 0.4) is 0 Å². The minimum Gasteiger partial charge on any atom is -0.394 e. The van der Waals surface area contributed by atoms with Crippen LogP contribution in [0, 0.1) is 0 Å². The average molecular weight is 419 g/mol. The predicted octanol–water partition coefficient (Wildman–Crippen LogP) is -2.60. The molecule has 13 heteroatoms. The number of rotatable bonds is 10.